The van der Waals surface area contributed by atoms with Crippen LogP contribution >= 0.6 is 11.3 Å². The first-order valence-electron chi connectivity index (χ1n) is 8.92. The van der Waals surface area contributed by atoms with E-state index in [9.17, 15) is 9.59 Å². The fourth-order valence-corrected chi connectivity index (χ4v) is 4.08. The zero-order valence-electron chi connectivity index (χ0n) is 16.5. The number of thiophene rings is 1. The van der Waals surface area contributed by atoms with Crippen LogP contribution in [0.1, 0.15) is 51.9 Å². The van der Waals surface area contributed by atoms with Crippen molar-refractivity contribution in [3.05, 3.63) is 23.8 Å². The van der Waals surface area contributed by atoms with E-state index in [4.69, 9.17) is 14.0 Å². The average molecular weight is 389 g/mol. The van der Waals surface area contributed by atoms with Crippen molar-refractivity contribution in [2.24, 2.45) is 0 Å². The van der Waals surface area contributed by atoms with Crippen LogP contribution in [0.3, 0.4) is 0 Å². The Morgan fingerprint density at radius 2 is 1.81 bits per heavy atom. The number of rotatable bonds is 4. The van der Waals surface area contributed by atoms with Gasteiger partial charge in [-0.15, -0.1) is 11.3 Å². The Morgan fingerprint density at radius 1 is 1.19 bits per heavy atom. The molecule has 6 nitrogen and oxygen atoms in total. The molecule has 144 valence electrons. The third-order valence-electron chi connectivity index (χ3n) is 5.01. The van der Waals surface area contributed by atoms with Crippen LogP contribution in [0.4, 0.5) is 5.00 Å². The van der Waals surface area contributed by atoms with E-state index < -0.39 is 24.3 Å². The summed E-state index contributed by atoms with van der Waals surface area (Å²) in [6.07, 6.45) is 0. The van der Waals surface area contributed by atoms with Gasteiger partial charge in [0.1, 0.15) is 10.6 Å². The predicted octanol–water partition coefficient (Wildman–Crippen LogP) is 3.34. The Morgan fingerprint density at radius 3 is 2.37 bits per heavy atom. The van der Waals surface area contributed by atoms with Gasteiger partial charge in [-0.2, -0.15) is 0 Å². The van der Waals surface area contributed by atoms with E-state index in [1.807, 2.05) is 45.9 Å². The maximum Gasteiger partial charge on any atom is 0.494 e. The third-order valence-corrected chi connectivity index (χ3v) is 6.08. The zero-order valence-corrected chi connectivity index (χ0v) is 17.3. The number of esters is 1. The molecule has 1 aliphatic heterocycles. The van der Waals surface area contributed by atoms with Gasteiger partial charge in [0.15, 0.2) is 0 Å². The molecular weight excluding hydrogens is 365 g/mol. The van der Waals surface area contributed by atoms with Gasteiger partial charge in [0.05, 0.1) is 17.8 Å². The van der Waals surface area contributed by atoms with E-state index in [1.54, 1.807) is 6.92 Å². The maximum absolute atomic E-state index is 12.4. The maximum atomic E-state index is 12.4. The zero-order chi connectivity index (χ0) is 20.0. The first kappa shape index (κ1) is 19.9. The summed E-state index contributed by atoms with van der Waals surface area (Å²) in [6, 6.07) is 5.68. The van der Waals surface area contributed by atoms with Crippen LogP contribution < -0.4 is 10.8 Å². The van der Waals surface area contributed by atoms with Crippen molar-refractivity contribution in [2.75, 3.05) is 11.9 Å². The van der Waals surface area contributed by atoms with E-state index >= 15 is 0 Å². The first-order valence-corrected chi connectivity index (χ1v) is 9.74. The summed E-state index contributed by atoms with van der Waals surface area (Å²) < 4.78 is 18.2. The van der Waals surface area contributed by atoms with Crippen molar-refractivity contribution in [2.45, 2.75) is 52.7 Å². The minimum atomic E-state index is -0.489. The molecule has 0 radical (unpaired) electrons. The Labute approximate surface area is 163 Å². The van der Waals surface area contributed by atoms with E-state index in [1.165, 1.54) is 18.3 Å². The van der Waals surface area contributed by atoms with Crippen LogP contribution in [-0.4, -0.2) is 36.8 Å². The summed E-state index contributed by atoms with van der Waals surface area (Å²) in [5.41, 5.74) is 0.388. The number of hydrogen-bond donors (Lipinski definition) is 1. The van der Waals surface area contributed by atoms with Crippen LogP contribution in [0, 0.1) is 0 Å². The second kappa shape index (κ2) is 6.93. The van der Waals surface area contributed by atoms with Gasteiger partial charge in [-0.25, -0.2) is 4.79 Å². The standard InChI is InChI=1S/C19H24BNO5S/c1-7-24-17(23)15-13-9-8-12(10-14(13)27-16(15)21-11(2)22)20-25-18(3,4)19(5,6)26-20/h8-10H,7H2,1-6H3,(H,21,22). The fourth-order valence-electron chi connectivity index (χ4n) is 2.89. The molecule has 1 N–H and O–H groups in total. The molecule has 0 spiro atoms. The Balaban J connectivity index is 2.03. The van der Waals surface area contributed by atoms with E-state index in [-0.39, 0.29) is 12.5 Å². The quantitative estimate of drug-likeness (QED) is 0.642. The minimum Gasteiger partial charge on any atom is -0.462 e. The molecule has 1 aromatic heterocycles. The number of anilines is 1. The Bertz CT molecular complexity index is 889. The van der Waals surface area contributed by atoms with E-state index in [2.05, 4.69) is 5.32 Å². The largest absolute Gasteiger partial charge is 0.494 e. The molecule has 1 saturated heterocycles. The molecule has 0 saturated carbocycles. The summed E-state index contributed by atoms with van der Waals surface area (Å²) in [5, 5.41) is 3.96. The van der Waals surface area contributed by atoms with Gasteiger partial charge >= 0.3 is 13.1 Å². The number of amides is 1. The smallest absolute Gasteiger partial charge is 0.462 e. The summed E-state index contributed by atoms with van der Waals surface area (Å²) in [5.74, 6) is -0.686. The molecule has 0 atom stereocenters. The Hall–Kier alpha value is -1.90. The summed E-state index contributed by atoms with van der Waals surface area (Å²) in [6.45, 7) is 11.4. The molecule has 0 unspecified atom stereocenters. The highest BCUT2D eigenvalue weighted by Crippen LogP contribution is 2.38. The van der Waals surface area contributed by atoms with Crippen LogP contribution in [0.5, 0.6) is 0 Å². The van der Waals surface area contributed by atoms with E-state index in [0.717, 1.165) is 15.5 Å². The number of fused-ring (bicyclic) bond motifs is 1. The number of nitrogens with one attached hydrogen (secondary N) is 1. The molecule has 3 rings (SSSR count). The molecule has 1 aromatic carbocycles. The van der Waals surface area contributed by atoms with Crippen LogP contribution in [0.15, 0.2) is 18.2 Å². The van der Waals surface area contributed by atoms with Crippen molar-refractivity contribution < 1.29 is 23.6 Å². The highest BCUT2D eigenvalue weighted by molar-refractivity contribution is 7.23. The van der Waals surface area contributed by atoms with Crippen molar-refractivity contribution in [1.82, 2.24) is 0 Å². The van der Waals surface area contributed by atoms with Crippen LogP contribution in [-0.2, 0) is 18.8 Å². The molecule has 8 heteroatoms. The normalized spacial score (nSPS) is 17.9. The second-order valence-electron chi connectivity index (χ2n) is 7.55. The van der Waals surface area contributed by atoms with Gasteiger partial charge in [0.25, 0.3) is 0 Å². The van der Waals surface area contributed by atoms with Gasteiger partial charge < -0.3 is 19.4 Å². The topological polar surface area (TPSA) is 73.9 Å². The SMILES string of the molecule is CCOC(=O)c1c(NC(C)=O)sc2cc(B3OC(C)(C)C(C)(C)O3)ccc12. The monoisotopic (exact) mass is 389 g/mol. The lowest BCUT2D eigenvalue weighted by atomic mass is 9.79. The van der Waals surface area contributed by atoms with Gasteiger partial charge in [-0.05, 0) is 46.1 Å². The molecule has 1 amide bonds. The highest BCUT2D eigenvalue weighted by atomic mass is 32.1. The minimum absolute atomic E-state index is 0.238. The molecule has 2 aromatic rings. The Kier molecular flexibility index (Phi) is 5.09. The third kappa shape index (κ3) is 3.61. The molecular formula is C19H24BNO5S. The second-order valence-corrected chi connectivity index (χ2v) is 8.60. The summed E-state index contributed by atoms with van der Waals surface area (Å²) >= 11 is 1.34. The number of hydrogen-bond acceptors (Lipinski definition) is 6. The van der Waals surface area contributed by atoms with Crippen LogP contribution in [0.25, 0.3) is 10.1 Å². The summed E-state index contributed by atoms with van der Waals surface area (Å²) in [7, 11) is -0.489. The highest BCUT2D eigenvalue weighted by Gasteiger charge is 2.51. The molecule has 0 aliphatic carbocycles. The number of ether oxygens (including phenoxy) is 1. The van der Waals surface area contributed by atoms with Gasteiger partial charge in [0, 0.05) is 17.0 Å². The van der Waals surface area contributed by atoms with Crippen LogP contribution in [0.2, 0.25) is 0 Å². The fraction of sp³-hybridized carbons (Fsp3) is 0.474. The lowest BCUT2D eigenvalue weighted by molar-refractivity contribution is -0.114. The van der Waals surface area contributed by atoms with Crippen molar-refractivity contribution >= 4 is 50.9 Å². The summed E-state index contributed by atoms with van der Waals surface area (Å²) in [4.78, 5) is 24.0. The molecule has 1 fully saturated rings. The number of carbonyl (C=O) groups excluding carboxylic acids is 2. The lowest BCUT2D eigenvalue weighted by Gasteiger charge is -2.32. The van der Waals surface area contributed by atoms with Crippen molar-refractivity contribution in [3.63, 3.8) is 0 Å². The molecule has 27 heavy (non-hydrogen) atoms. The first-order chi connectivity index (χ1) is 12.6. The van der Waals surface area contributed by atoms with Crippen molar-refractivity contribution in [1.29, 1.82) is 0 Å². The lowest BCUT2D eigenvalue weighted by Crippen LogP contribution is -2.41. The van der Waals surface area contributed by atoms with Gasteiger partial charge in [-0.1, -0.05) is 12.1 Å². The molecule has 0 bridgehead atoms. The van der Waals surface area contributed by atoms with Gasteiger partial charge in [0.2, 0.25) is 5.91 Å². The average Bonchev–Trinajstić information content (AvgIpc) is 2.99. The number of carbonyl (C=O) groups is 2. The predicted molar refractivity (Wildman–Crippen MR) is 108 cm³/mol. The molecule has 1 aliphatic rings. The van der Waals surface area contributed by atoms with E-state index in [0.29, 0.717) is 10.6 Å². The van der Waals surface area contributed by atoms with Crippen molar-refractivity contribution in [3.8, 4) is 0 Å². The van der Waals surface area contributed by atoms with Gasteiger partial charge in [-0.3, -0.25) is 4.79 Å². The molecule has 2 heterocycles. The number of benzene rings is 1.